The van der Waals surface area contributed by atoms with Crippen LogP contribution in [-0.2, 0) is 0 Å². The second-order valence-electron chi connectivity index (χ2n) is 8.05. The van der Waals surface area contributed by atoms with Crippen LogP contribution in [0.25, 0.3) is 0 Å². The van der Waals surface area contributed by atoms with Gasteiger partial charge in [-0.15, -0.1) is 0 Å². The normalized spacial score (nSPS) is 22.7. The highest BCUT2D eigenvalue weighted by molar-refractivity contribution is 5.95. The summed E-state index contributed by atoms with van der Waals surface area (Å²) in [6.45, 7) is 7.69. The number of rotatable bonds is 3. The summed E-state index contributed by atoms with van der Waals surface area (Å²) in [6.07, 6.45) is 0. The maximum Gasteiger partial charge on any atom is 0.257 e. The van der Waals surface area contributed by atoms with Crippen LogP contribution in [-0.4, -0.2) is 53.6 Å². The summed E-state index contributed by atoms with van der Waals surface area (Å²) in [5, 5.41) is 9.23. The Morgan fingerprint density at radius 2 is 1.93 bits per heavy atom. The minimum Gasteiger partial charge on any atom is -0.497 e. The zero-order chi connectivity index (χ0) is 21.6. The molecule has 0 unspecified atom stereocenters. The summed E-state index contributed by atoms with van der Waals surface area (Å²) in [4.78, 5) is 25.9. The molecule has 7 nitrogen and oxygen atoms in total. The average Bonchev–Trinajstić information content (AvgIpc) is 3.26. The maximum absolute atomic E-state index is 14.4. The van der Waals surface area contributed by atoms with Crippen LogP contribution in [0.3, 0.4) is 0 Å². The second-order valence-corrected chi connectivity index (χ2v) is 8.05. The molecule has 0 aliphatic carbocycles. The topological polar surface area (TPSA) is 82.4 Å². The fourth-order valence-electron chi connectivity index (χ4n) is 4.67. The lowest BCUT2D eigenvalue weighted by atomic mass is 9.95. The fraction of sp³-hybridized carbons (Fsp3) is 0.455. The van der Waals surface area contributed by atoms with Gasteiger partial charge in [0.25, 0.3) is 5.91 Å². The van der Waals surface area contributed by atoms with Crippen LogP contribution in [0, 0.1) is 42.8 Å². The number of nitriles is 1. The van der Waals surface area contributed by atoms with Crippen LogP contribution in [0.15, 0.2) is 18.2 Å². The first-order valence-electron chi connectivity index (χ1n) is 9.98. The molecule has 1 aromatic heterocycles. The Morgan fingerprint density at radius 3 is 2.50 bits per heavy atom. The van der Waals surface area contributed by atoms with E-state index in [-0.39, 0.29) is 29.3 Å². The number of likely N-dealkylation sites (tertiary alicyclic amines) is 1. The van der Waals surface area contributed by atoms with E-state index in [1.165, 1.54) is 19.2 Å². The third-order valence-corrected chi connectivity index (χ3v) is 6.36. The largest absolute Gasteiger partial charge is 0.497 e. The molecule has 0 bridgehead atoms. The lowest BCUT2D eigenvalue weighted by Crippen LogP contribution is -2.39. The molecular weight excluding hydrogens is 385 g/mol. The molecule has 2 fully saturated rings. The van der Waals surface area contributed by atoms with Crippen LogP contribution in [0.2, 0.25) is 0 Å². The van der Waals surface area contributed by atoms with Gasteiger partial charge in [0.05, 0.1) is 29.6 Å². The summed E-state index contributed by atoms with van der Waals surface area (Å²) in [5.74, 6) is 0.691. The lowest BCUT2D eigenvalue weighted by Gasteiger charge is -2.27. The van der Waals surface area contributed by atoms with E-state index < -0.39 is 5.82 Å². The Balaban J connectivity index is 1.50. The quantitative estimate of drug-likeness (QED) is 0.775. The summed E-state index contributed by atoms with van der Waals surface area (Å²) in [7, 11) is 1.46. The van der Waals surface area contributed by atoms with Crippen molar-refractivity contribution in [2.24, 2.45) is 11.8 Å². The van der Waals surface area contributed by atoms with Gasteiger partial charge in [0, 0.05) is 43.6 Å². The zero-order valence-corrected chi connectivity index (χ0v) is 17.5. The molecule has 0 spiro atoms. The number of benzene rings is 1. The van der Waals surface area contributed by atoms with Gasteiger partial charge in [0.1, 0.15) is 17.6 Å². The van der Waals surface area contributed by atoms with Crippen molar-refractivity contribution in [3.63, 3.8) is 0 Å². The lowest BCUT2D eigenvalue weighted by molar-refractivity contribution is 0.0725. The number of carbonyl (C=O) groups is 1. The summed E-state index contributed by atoms with van der Waals surface area (Å²) < 4.78 is 19.4. The number of aryl methyl sites for hydroxylation is 2. The van der Waals surface area contributed by atoms with E-state index in [9.17, 15) is 14.4 Å². The Bertz CT molecular complexity index is 1030. The van der Waals surface area contributed by atoms with E-state index >= 15 is 0 Å². The molecule has 0 saturated carbocycles. The van der Waals surface area contributed by atoms with Crippen LogP contribution < -0.4 is 9.64 Å². The monoisotopic (exact) mass is 409 g/mol. The van der Waals surface area contributed by atoms with Gasteiger partial charge in [-0.1, -0.05) is 0 Å². The minimum absolute atomic E-state index is 0.0189. The first-order valence-corrected chi connectivity index (χ1v) is 9.98. The van der Waals surface area contributed by atoms with Gasteiger partial charge in [-0.25, -0.2) is 14.4 Å². The van der Waals surface area contributed by atoms with Crippen LogP contribution in [0.1, 0.15) is 34.2 Å². The summed E-state index contributed by atoms with van der Waals surface area (Å²) in [6, 6.07) is 6.46. The van der Waals surface area contributed by atoms with Crippen molar-refractivity contribution < 1.29 is 13.9 Å². The van der Waals surface area contributed by atoms with Gasteiger partial charge in [-0.2, -0.15) is 5.26 Å². The molecule has 0 radical (unpaired) electrons. The smallest absolute Gasteiger partial charge is 0.257 e. The summed E-state index contributed by atoms with van der Waals surface area (Å²) >= 11 is 0. The molecular formula is C22H24FN5O2. The molecule has 2 aromatic rings. The number of hydrogen-bond acceptors (Lipinski definition) is 6. The van der Waals surface area contributed by atoms with Gasteiger partial charge in [0.2, 0.25) is 5.95 Å². The Labute approximate surface area is 175 Å². The molecule has 30 heavy (non-hydrogen) atoms. The number of anilines is 1. The van der Waals surface area contributed by atoms with Crippen LogP contribution >= 0.6 is 0 Å². The van der Waals surface area contributed by atoms with E-state index in [0.717, 1.165) is 13.1 Å². The molecule has 2 aliphatic heterocycles. The van der Waals surface area contributed by atoms with Gasteiger partial charge in [-0.05, 0) is 32.9 Å². The number of carbonyl (C=O) groups excluding carboxylic acids is 1. The molecule has 1 amide bonds. The molecule has 156 valence electrons. The number of halogens is 1. The highest BCUT2D eigenvalue weighted by Crippen LogP contribution is 2.38. The Kier molecular flexibility index (Phi) is 5.06. The van der Waals surface area contributed by atoms with Crippen LogP contribution in [0.5, 0.6) is 5.75 Å². The van der Waals surface area contributed by atoms with Crippen molar-refractivity contribution >= 4 is 11.9 Å². The number of aromatic nitrogens is 2. The van der Waals surface area contributed by atoms with Crippen molar-refractivity contribution in [2.75, 3.05) is 31.6 Å². The second kappa shape index (κ2) is 7.56. The number of methoxy groups -OCH3 is 1. The van der Waals surface area contributed by atoms with E-state index in [1.807, 2.05) is 20.8 Å². The van der Waals surface area contributed by atoms with E-state index in [1.54, 1.807) is 11.0 Å². The molecule has 0 N–H and O–H groups in total. The molecule has 1 aromatic carbocycles. The molecule has 3 heterocycles. The first-order chi connectivity index (χ1) is 14.3. The van der Waals surface area contributed by atoms with Crippen molar-refractivity contribution in [1.29, 1.82) is 5.26 Å². The Hall–Kier alpha value is -3.21. The predicted octanol–water partition coefficient (Wildman–Crippen LogP) is 2.71. The Morgan fingerprint density at radius 1 is 1.23 bits per heavy atom. The fourth-order valence-corrected chi connectivity index (χ4v) is 4.67. The third-order valence-electron chi connectivity index (χ3n) is 6.36. The zero-order valence-electron chi connectivity index (χ0n) is 17.5. The van der Waals surface area contributed by atoms with Crippen molar-refractivity contribution in [3.05, 3.63) is 46.5 Å². The number of fused-ring (bicyclic) bond motifs is 1. The minimum atomic E-state index is -0.567. The van der Waals surface area contributed by atoms with Crippen LogP contribution in [0.4, 0.5) is 10.3 Å². The van der Waals surface area contributed by atoms with Crippen molar-refractivity contribution in [1.82, 2.24) is 14.9 Å². The number of nitrogens with zero attached hydrogens (tertiary/aromatic N) is 5. The third kappa shape index (κ3) is 3.24. The first kappa shape index (κ1) is 20.1. The van der Waals surface area contributed by atoms with E-state index in [4.69, 9.17) is 4.74 Å². The standard InChI is InChI=1S/C22H24FN5O2/c1-12-18(8-24)13(2)26-22(25-12)27-9-15-10-28(14(3)19(15)11-27)21(29)17-6-5-16(30-4)7-20(17)23/h5-7,14-15,19H,9-11H2,1-4H3/t14-,15+,19-/m0/s1. The highest BCUT2D eigenvalue weighted by atomic mass is 19.1. The number of ether oxygens (including phenoxy) is 1. The molecule has 2 aliphatic rings. The molecule has 4 rings (SSSR count). The predicted molar refractivity (Wildman–Crippen MR) is 109 cm³/mol. The summed E-state index contributed by atoms with van der Waals surface area (Å²) in [5.41, 5.74) is 1.94. The SMILES string of the molecule is COc1ccc(C(=O)N2C[C@H]3CN(c4nc(C)c(C#N)c(C)n4)C[C@H]3[C@@H]2C)c(F)c1. The van der Waals surface area contributed by atoms with Gasteiger partial charge in [0.15, 0.2) is 0 Å². The number of hydrogen-bond donors (Lipinski definition) is 0. The molecule has 3 atom stereocenters. The highest BCUT2D eigenvalue weighted by Gasteiger charge is 2.47. The van der Waals surface area contributed by atoms with Gasteiger partial charge < -0.3 is 14.5 Å². The van der Waals surface area contributed by atoms with E-state index in [0.29, 0.717) is 35.2 Å². The van der Waals surface area contributed by atoms with E-state index in [2.05, 4.69) is 20.9 Å². The maximum atomic E-state index is 14.4. The average molecular weight is 409 g/mol. The molecule has 2 saturated heterocycles. The van der Waals surface area contributed by atoms with Gasteiger partial charge >= 0.3 is 0 Å². The van der Waals surface area contributed by atoms with Crippen molar-refractivity contribution in [2.45, 2.75) is 26.8 Å². The van der Waals surface area contributed by atoms with Crippen molar-refractivity contribution in [3.8, 4) is 11.8 Å². The van der Waals surface area contributed by atoms with Gasteiger partial charge in [-0.3, -0.25) is 4.79 Å². The number of amides is 1. The molecule has 8 heteroatoms.